The van der Waals surface area contributed by atoms with Crippen LogP contribution >= 0.6 is 11.6 Å². The lowest BCUT2D eigenvalue weighted by atomic mass is 9.90. The van der Waals surface area contributed by atoms with Crippen molar-refractivity contribution in [2.24, 2.45) is 7.05 Å². The second kappa shape index (κ2) is 7.27. The fourth-order valence-electron chi connectivity index (χ4n) is 3.17. The normalized spacial score (nSPS) is 16.4. The number of imidazole rings is 1. The van der Waals surface area contributed by atoms with Gasteiger partial charge in [0.15, 0.2) is 0 Å². The van der Waals surface area contributed by atoms with E-state index in [1.54, 1.807) is 22.7 Å². The molecule has 2 aromatic rings. The fraction of sp³-hybridized carbons (Fsp3) is 0.389. The van der Waals surface area contributed by atoms with Crippen LogP contribution in [0, 0.1) is 0 Å². The average Bonchev–Trinajstić information content (AvgIpc) is 2.92. The number of carbonyl (C=O) groups excluding carboxylic acids is 2. The van der Waals surface area contributed by atoms with E-state index in [2.05, 4.69) is 4.98 Å². The number of rotatable bonds is 4. The second-order valence-corrected chi connectivity index (χ2v) is 6.46. The van der Waals surface area contributed by atoms with Crippen molar-refractivity contribution >= 4 is 23.5 Å². The summed E-state index contributed by atoms with van der Waals surface area (Å²) in [4.78, 5) is 30.0. The van der Waals surface area contributed by atoms with Gasteiger partial charge in [-0.25, -0.2) is 4.98 Å². The molecular weight excluding hydrogens is 342 g/mol. The van der Waals surface area contributed by atoms with E-state index >= 15 is 0 Å². The topological polar surface area (TPSA) is 64.4 Å². The molecular formula is C18H20ClN3O3. The number of hydrogen-bond donors (Lipinski definition) is 0. The van der Waals surface area contributed by atoms with Gasteiger partial charge >= 0.3 is 5.97 Å². The molecule has 0 saturated carbocycles. The zero-order chi connectivity index (χ0) is 18.0. The van der Waals surface area contributed by atoms with E-state index < -0.39 is 0 Å². The monoisotopic (exact) mass is 361 g/mol. The van der Waals surface area contributed by atoms with Crippen molar-refractivity contribution in [3.05, 3.63) is 52.6 Å². The van der Waals surface area contributed by atoms with Crippen LogP contribution < -0.4 is 0 Å². The Balaban J connectivity index is 1.71. The smallest absolute Gasteiger partial charge is 0.308 e. The van der Waals surface area contributed by atoms with Crippen LogP contribution in [0.15, 0.2) is 30.5 Å². The molecule has 0 radical (unpaired) electrons. The van der Waals surface area contributed by atoms with Crippen LogP contribution in [0.5, 0.6) is 0 Å². The Bertz CT molecular complexity index is 803. The SMILES string of the molecule is CC(=O)N1CCc2ccccc2C1CC(=O)OCc1cnc(Cl)n1C. The minimum Gasteiger partial charge on any atom is -0.459 e. The molecule has 1 atom stereocenters. The number of benzene rings is 1. The lowest BCUT2D eigenvalue weighted by molar-refractivity contribution is -0.147. The summed E-state index contributed by atoms with van der Waals surface area (Å²) >= 11 is 5.88. The van der Waals surface area contributed by atoms with E-state index in [9.17, 15) is 9.59 Å². The number of nitrogens with zero attached hydrogens (tertiary/aromatic N) is 3. The predicted octanol–water partition coefficient (Wildman–Crippen LogP) is 2.65. The van der Waals surface area contributed by atoms with Gasteiger partial charge in [0, 0.05) is 20.5 Å². The first-order chi connectivity index (χ1) is 12.0. The standard InChI is InChI=1S/C18H20ClN3O3/c1-12(23)22-8-7-13-5-3-4-6-15(13)16(22)9-17(24)25-11-14-10-20-18(19)21(14)2/h3-6,10,16H,7-9,11H2,1-2H3. The van der Waals surface area contributed by atoms with Gasteiger partial charge in [0.25, 0.3) is 0 Å². The molecule has 1 unspecified atom stereocenters. The molecule has 0 fully saturated rings. The van der Waals surface area contributed by atoms with E-state index in [1.807, 2.05) is 24.3 Å². The minimum atomic E-state index is -0.356. The number of fused-ring (bicyclic) bond motifs is 1. The van der Waals surface area contributed by atoms with E-state index in [4.69, 9.17) is 16.3 Å². The Morgan fingerprint density at radius 3 is 2.80 bits per heavy atom. The highest BCUT2D eigenvalue weighted by atomic mass is 35.5. The first-order valence-corrected chi connectivity index (χ1v) is 8.52. The predicted molar refractivity (Wildman–Crippen MR) is 92.9 cm³/mol. The van der Waals surface area contributed by atoms with Crippen molar-refractivity contribution in [1.29, 1.82) is 0 Å². The van der Waals surface area contributed by atoms with Crippen LogP contribution in [0.2, 0.25) is 5.28 Å². The Kier molecular flexibility index (Phi) is 5.08. The van der Waals surface area contributed by atoms with E-state index in [0.717, 1.165) is 12.0 Å². The Morgan fingerprint density at radius 1 is 1.36 bits per heavy atom. The van der Waals surface area contributed by atoms with Crippen molar-refractivity contribution in [2.75, 3.05) is 6.54 Å². The second-order valence-electron chi connectivity index (χ2n) is 6.12. The lowest BCUT2D eigenvalue weighted by Gasteiger charge is -2.36. The first-order valence-electron chi connectivity index (χ1n) is 8.14. The molecule has 0 spiro atoms. The van der Waals surface area contributed by atoms with Crippen LogP contribution in [-0.2, 0) is 34.4 Å². The summed E-state index contributed by atoms with van der Waals surface area (Å²) < 4.78 is 7.03. The zero-order valence-corrected chi connectivity index (χ0v) is 15.0. The van der Waals surface area contributed by atoms with Gasteiger partial charge in [-0.1, -0.05) is 24.3 Å². The van der Waals surface area contributed by atoms with Crippen LogP contribution in [-0.4, -0.2) is 32.9 Å². The Labute approximate surface area is 151 Å². The largest absolute Gasteiger partial charge is 0.459 e. The highest BCUT2D eigenvalue weighted by molar-refractivity contribution is 6.28. The molecule has 1 aliphatic heterocycles. The molecule has 0 bridgehead atoms. The third-order valence-corrected chi connectivity index (χ3v) is 4.94. The van der Waals surface area contributed by atoms with Gasteiger partial charge in [0.05, 0.1) is 24.4 Å². The first kappa shape index (κ1) is 17.5. The van der Waals surface area contributed by atoms with Crippen molar-refractivity contribution in [1.82, 2.24) is 14.5 Å². The maximum atomic E-state index is 12.4. The molecule has 1 aromatic carbocycles. The van der Waals surface area contributed by atoms with Crippen molar-refractivity contribution in [3.8, 4) is 0 Å². The fourth-order valence-corrected chi connectivity index (χ4v) is 3.33. The average molecular weight is 362 g/mol. The third-order valence-electron chi connectivity index (χ3n) is 4.59. The number of ether oxygens (including phenoxy) is 1. The summed E-state index contributed by atoms with van der Waals surface area (Å²) in [6.45, 7) is 2.25. The molecule has 6 nitrogen and oxygen atoms in total. The zero-order valence-electron chi connectivity index (χ0n) is 14.2. The number of carbonyl (C=O) groups is 2. The van der Waals surface area contributed by atoms with Gasteiger partial charge in [-0.05, 0) is 29.1 Å². The molecule has 1 aliphatic rings. The van der Waals surface area contributed by atoms with Crippen molar-refractivity contribution < 1.29 is 14.3 Å². The highest BCUT2D eigenvalue weighted by Gasteiger charge is 2.31. The van der Waals surface area contributed by atoms with E-state index in [0.29, 0.717) is 17.5 Å². The van der Waals surface area contributed by atoms with Crippen molar-refractivity contribution in [2.45, 2.75) is 32.4 Å². The molecule has 7 heteroatoms. The Morgan fingerprint density at radius 2 is 2.12 bits per heavy atom. The van der Waals surface area contributed by atoms with Gasteiger partial charge in [0.2, 0.25) is 11.2 Å². The molecule has 1 amide bonds. The number of amides is 1. The lowest BCUT2D eigenvalue weighted by Crippen LogP contribution is -2.39. The number of halogens is 1. The summed E-state index contributed by atoms with van der Waals surface area (Å²) in [5.41, 5.74) is 2.91. The molecule has 2 heterocycles. The summed E-state index contributed by atoms with van der Waals surface area (Å²) in [6.07, 6.45) is 2.50. The van der Waals surface area contributed by atoms with Crippen molar-refractivity contribution in [3.63, 3.8) is 0 Å². The molecule has 1 aromatic heterocycles. The molecule has 132 valence electrons. The van der Waals surface area contributed by atoms with E-state index in [-0.39, 0.29) is 30.9 Å². The van der Waals surface area contributed by atoms with Gasteiger partial charge in [0.1, 0.15) is 6.61 Å². The highest BCUT2D eigenvalue weighted by Crippen LogP contribution is 2.32. The number of aromatic nitrogens is 2. The minimum absolute atomic E-state index is 0.0364. The van der Waals surface area contributed by atoms with Crippen LogP contribution in [0.25, 0.3) is 0 Å². The molecule has 0 N–H and O–H groups in total. The maximum absolute atomic E-state index is 12.4. The Hall–Kier alpha value is -2.34. The van der Waals surface area contributed by atoms with Crippen LogP contribution in [0.1, 0.15) is 36.2 Å². The summed E-state index contributed by atoms with van der Waals surface area (Å²) in [5.74, 6) is -0.393. The summed E-state index contributed by atoms with van der Waals surface area (Å²) in [5, 5.41) is 0.343. The van der Waals surface area contributed by atoms with Gasteiger partial charge in [-0.2, -0.15) is 0 Å². The van der Waals surface area contributed by atoms with Gasteiger partial charge in [-0.3, -0.25) is 9.59 Å². The quantitative estimate of drug-likeness (QED) is 0.785. The third kappa shape index (κ3) is 3.69. The molecule has 0 saturated heterocycles. The van der Waals surface area contributed by atoms with Crippen LogP contribution in [0.3, 0.4) is 0 Å². The molecule has 25 heavy (non-hydrogen) atoms. The maximum Gasteiger partial charge on any atom is 0.308 e. The number of esters is 1. The molecule has 0 aliphatic carbocycles. The van der Waals surface area contributed by atoms with Crippen LogP contribution in [0.4, 0.5) is 0 Å². The number of hydrogen-bond acceptors (Lipinski definition) is 4. The van der Waals surface area contributed by atoms with E-state index in [1.165, 1.54) is 12.5 Å². The van der Waals surface area contributed by atoms with Gasteiger partial charge < -0.3 is 14.2 Å². The van der Waals surface area contributed by atoms with Gasteiger partial charge in [-0.15, -0.1) is 0 Å². The summed E-state index contributed by atoms with van der Waals surface area (Å²) in [7, 11) is 1.76. The molecule has 3 rings (SSSR count). The summed E-state index contributed by atoms with van der Waals surface area (Å²) in [6, 6.07) is 7.64.